The number of carboxylic acid groups (broad SMARTS) is 1. The van der Waals surface area contributed by atoms with E-state index in [4.69, 9.17) is 14.6 Å². The van der Waals surface area contributed by atoms with Crippen molar-refractivity contribution in [3.8, 4) is 0 Å². The maximum absolute atomic E-state index is 11.3. The summed E-state index contributed by atoms with van der Waals surface area (Å²) in [4.78, 5) is 22.7. The topological polar surface area (TPSA) is 148 Å². The molecule has 1 fully saturated rings. The van der Waals surface area contributed by atoms with Gasteiger partial charge in [-0.05, 0) is 5.92 Å². The molecule has 0 bridgehead atoms. The number of aliphatic hydroxyl groups is 3. The molecule has 1 aliphatic rings. The first-order valence-electron chi connectivity index (χ1n) is 6.87. The van der Waals surface area contributed by atoms with Crippen LogP contribution in [0, 0.1) is 5.92 Å². The zero-order chi connectivity index (χ0) is 17.1. The summed E-state index contributed by atoms with van der Waals surface area (Å²) in [6.07, 6.45) is -4.61. The van der Waals surface area contributed by atoms with E-state index in [2.05, 4.69) is 5.32 Å². The van der Waals surface area contributed by atoms with Gasteiger partial charge in [0.25, 0.3) is 0 Å². The zero-order valence-corrected chi connectivity index (χ0v) is 12.7. The predicted octanol–water partition coefficient (Wildman–Crippen LogP) is -3.28. The third kappa shape index (κ3) is 3.73. The largest absolute Gasteiger partial charge is 0.544 e. The molecule has 22 heavy (non-hydrogen) atoms. The fourth-order valence-corrected chi connectivity index (χ4v) is 2.63. The minimum Gasteiger partial charge on any atom is -0.544 e. The van der Waals surface area contributed by atoms with Gasteiger partial charge in [0.15, 0.2) is 0 Å². The molecule has 9 heteroatoms. The first-order valence-corrected chi connectivity index (χ1v) is 6.87. The van der Waals surface area contributed by atoms with Crippen molar-refractivity contribution in [1.82, 2.24) is 5.32 Å². The lowest BCUT2D eigenvalue weighted by Gasteiger charge is -2.49. The van der Waals surface area contributed by atoms with Crippen molar-refractivity contribution in [3.05, 3.63) is 0 Å². The number of nitrogens with one attached hydrogen (secondary N) is 1. The summed E-state index contributed by atoms with van der Waals surface area (Å²) in [6.45, 7) is 2.15. The Bertz CT molecular complexity index is 417. The second kappa shape index (κ2) is 7.34. The van der Waals surface area contributed by atoms with Crippen LogP contribution in [0.15, 0.2) is 0 Å². The highest BCUT2D eigenvalue weighted by Gasteiger charge is 2.50. The van der Waals surface area contributed by atoms with Gasteiger partial charge in [0.1, 0.15) is 24.3 Å². The third-order valence-electron chi connectivity index (χ3n) is 3.81. The minimum atomic E-state index is -2.10. The van der Waals surface area contributed by atoms with Crippen LogP contribution in [0.1, 0.15) is 20.3 Å². The summed E-state index contributed by atoms with van der Waals surface area (Å²) < 4.78 is 10.2. The van der Waals surface area contributed by atoms with Crippen molar-refractivity contribution in [2.75, 3.05) is 13.7 Å². The summed E-state index contributed by atoms with van der Waals surface area (Å²) in [5.74, 6) is -4.59. The van der Waals surface area contributed by atoms with Crippen LogP contribution in [0.5, 0.6) is 0 Å². The highest BCUT2D eigenvalue weighted by atomic mass is 16.7. The Kier molecular flexibility index (Phi) is 6.27. The van der Waals surface area contributed by atoms with Crippen molar-refractivity contribution < 1.29 is 39.5 Å². The van der Waals surface area contributed by atoms with Crippen molar-refractivity contribution in [1.29, 1.82) is 0 Å². The van der Waals surface area contributed by atoms with E-state index in [1.807, 2.05) is 0 Å². The molecule has 128 valence electrons. The molecule has 6 atom stereocenters. The lowest BCUT2D eigenvalue weighted by molar-refractivity contribution is -0.375. The van der Waals surface area contributed by atoms with Crippen LogP contribution in [-0.2, 0) is 19.1 Å². The molecule has 0 aliphatic carbocycles. The van der Waals surface area contributed by atoms with Crippen molar-refractivity contribution in [2.45, 2.75) is 50.4 Å². The van der Waals surface area contributed by atoms with Gasteiger partial charge in [0.2, 0.25) is 11.7 Å². The van der Waals surface area contributed by atoms with Crippen molar-refractivity contribution >= 4 is 11.9 Å². The monoisotopic (exact) mass is 320 g/mol. The molecule has 4 N–H and O–H groups in total. The molecule has 0 spiro atoms. The number of ether oxygens (including phenoxy) is 2. The van der Waals surface area contributed by atoms with E-state index >= 15 is 0 Å². The van der Waals surface area contributed by atoms with Gasteiger partial charge in [-0.15, -0.1) is 0 Å². The van der Waals surface area contributed by atoms with E-state index in [0.29, 0.717) is 0 Å². The van der Waals surface area contributed by atoms with Gasteiger partial charge in [0, 0.05) is 20.5 Å². The average Bonchev–Trinajstić information content (AvgIpc) is 2.46. The second-order valence-corrected chi connectivity index (χ2v) is 5.48. The summed E-state index contributed by atoms with van der Waals surface area (Å²) in [6, 6.07) is -0.767. The molecule has 0 saturated carbocycles. The number of rotatable bonds is 6. The standard InChI is InChI=1S/C13H23NO8/c1-6-4-13(21-3,12(19)20)22-11(9(6)14-7(2)16)10(18)8(17)5-15/h6,8-11,15,17-18H,4-5H2,1-3H3,(H,14,16)(H,19,20)/p-1/t6-,8-,9-,10-,11-,13+/m1/s1. The molecule has 1 rings (SSSR count). The molecule has 9 nitrogen and oxygen atoms in total. The Morgan fingerprint density at radius 3 is 2.50 bits per heavy atom. The van der Waals surface area contributed by atoms with E-state index < -0.39 is 54.5 Å². The van der Waals surface area contributed by atoms with Crippen LogP contribution >= 0.6 is 0 Å². The quantitative estimate of drug-likeness (QED) is 0.398. The molecule has 0 radical (unpaired) electrons. The SMILES string of the molecule is CO[C@@]1(C(=O)[O-])C[C@@H](C)[C@@H](NC(C)=O)[C@H]([C@H](O)[C@H](O)CO)O1. The minimum absolute atomic E-state index is 0.116. The van der Waals surface area contributed by atoms with Crippen LogP contribution < -0.4 is 10.4 Å². The Morgan fingerprint density at radius 2 is 2.09 bits per heavy atom. The molecular formula is C13H22NO8-. The number of hydrogen-bond donors (Lipinski definition) is 4. The number of amides is 1. The summed E-state index contributed by atoms with van der Waals surface area (Å²) in [7, 11) is 1.12. The number of aliphatic carboxylic acids is 1. The molecule has 1 heterocycles. The predicted molar refractivity (Wildman–Crippen MR) is 70.1 cm³/mol. The van der Waals surface area contributed by atoms with Crippen LogP contribution in [-0.4, -0.2) is 71.1 Å². The van der Waals surface area contributed by atoms with Crippen molar-refractivity contribution in [3.63, 3.8) is 0 Å². The molecular weight excluding hydrogens is 298 g/mol. The average molecular weight is 320 g/mol. The van der Waals surface area contributed by atoms with Crippen LogP contribution in [0.4, 0.5) is 0 Å². The number of hydrogen-bond acceptors (Lipinski definition) is 8. The van der Waals surface area contributed by atoms with Crippen molar-refractivity contribution in [2.24, 2.45) is 5.92 Å². The molecule has 1 aliphatic heterocycles. The van der Waals surface area contributed by atoms with E-state index in [9.17, 15) is 24.9 Å². The summed E-state index contributed by atoms with van der Waals surface area (Å²) in [5.41, 5.74) is 0. The van der Waals surface area contributed by atoms with Gasteiger partial charge < -0.3 is 40.0 Å². The molecule has 0 aromatic heterocycles. The first kappa shape index (κ1) is 18.8. The van der Waals surface area contributed by atoms with Gasteiger partial charge in [-0.1, -0.05) is 6.92 Å². The molecule has 0 aromatic carbocycles. The van der Waals surface area contributed by atoms with Gasteiger partial charge in [-0.3, -0.25) is 4.79 Å². The fourth-order valence-electron chi connectivity index (χ4n) is 2.63. The van der Waals surface area contributed by atoms with E-state index in [1.165, 1.54) is 6.92 Å². The second-order valence-electron chi connectivity index (χ2n) is 5.48. The number of carboxylic acids is 1. The number of carbonyl (C=O) groups excluding carboxylic acids is 2. The maximum atomic E-state index is 11.3. The van der Waals surface area contributed by atoms with E-state index in [1.54, 1.807) is 6.92 Å². The third-order valence-corrected chi connectivity index (χ3v) is 3.81. The Balaban J connectivity index is 3.14. The molecule has 1 amide bonds. The maximum Gasteiger partial charge on any atom is 0.217 e. The van der Waals surface area contributed by atoms with E-state index in [-0.39, 0.29) is 6.42 Å². The lowest BCUT2D eigenvalue weighted by Crippen LogP contribution is -2.67. The van der Waals surface area contributed by atoms with Crippen LogP contribution in [0.3, 0.4) is 0 Å². The lowest BCUT2D eigenvalue weighted by atomic mass is 9.83. The summed E-state index contributed by atoms with van der Waals surface area (Å²) >= 11 is 0. The molecule has 0 aromatic rings. The van der Waals surface area contributed by atoms with Crippen LogP contribution in [0.2, 0.25) is 0 Å². The van der Waals surface area contributed by atoms with Gasteiger partial charge in [-0.25, -0.2) is 0 Å². The van der Waals surface area contributed by atoms with E-state index in [0.717, 1.165) is 7.11 Å². The fraction of sp³-hybridized carbons (Fsp3) is 0.846. The van der Waals surface area contributed by atoms with Crippen LogP contribution in [0.25, 0.3) is 0 Å². The summed E-state index contributed by atoms with van der Waals surface area (Å²) in [5, 5.41) is 42.6. The highest BCUT2D eigenvalue weighted by Crippen LogP contribution is 2.35. The highest BCUT2D eigenvalue weighted by molar-refractivity contribution is 5.75. The molecule has 1 saturated heterocycles. The zero-order valence-electron chi connectivity index (χ0n) is 12.7. The number of aliphatic hydroxyl groups excluding tert-OH is 3. The Morgan fingerprint density at radius 1 is 1.50 bits per heavy atom. The molecule has 0 unspecified atom stereocenters. The van der Waals surface area contributed by atoms with Gasteiger partial charge >= 0.3 is 0 Å². The van der Waals surface area contributed by atoms with Gasteiger partial charge in [-0.2, -0.15) is 0 Å². The Hall–Kier alpha value is -1.26. The smallest absolute Gasteiger partial charge is 0.217 e. The number of carbonyl (C=O) groups is 2. The first-order chi connectivity index (χ1) is 10.2. The Labute approximate surface area is 127 Å². The normalized spacial score (nSPS) is 34.7. The number of methoxy groups -OCH3 is 1. The van der Waals surface area contributed by atoms with Gasteiger partial charge in [0.05, 0.1) is 12.6 Å².